The topological polar surface area (TPSA) is 94.7 Å². The summed E-state index contributed by atoms with van der Waals surface area (Å²) in [6.07, 6.45) is 5.38. The lowest BCUT2D eigenvalue weighted by molar-refractivity contribution is 0.601. The van der Waals surface area contributed by atoms with E-state index < -0.39 is 15.8 Å². The van der Waals surface area contributed by atoms with Gasteiger partial charge in [0.05, 0.1) is 29.8 Å². The molecule has 0 unspecified atom stereocenters. The van der Waals surface area contributed by atoms with E-state index in [0.29, 0.717) is 11.2 Å². The van der Waals surface area contributed by atoms with Gasteiger partial charge in [0.25, 0.3) is 10.0 Å². The molecule has 26 heavy (non-hydrogen) atoms. The molecule has 0 aliphatic rings. The van der Waals surface area contributed by atoms with Gasteiger partial charge >= 0.3 is 0 Å². The summed E-state index contributed by atoms with van der Waals surface area (Å²) < 4.78 is 44.1. The number of halogens is 1. The van der Waals surface area contributed by atoms with E-state index in [4.69, 9.17) is 0 Å². The van der Waals surface area contributed by atoms with Crippen molar-refractivity contribution in [2.24, 2.45) is 7.05 Å². The van der Waals surface area contributed by atoms with Gasteiger partial charge in [0.1, 0.15) is 10.7 Å². The van der Waals surface area contributed by atoms with E-state index in [1.165, 1.54) is 29.3 Å². The fourth-order valence-corrected chi connectivity index (χ4v) is 3.61. The molecule has 0 fully saturated rings. The number of sulfonamides is 1. The van der Waals surface area contributed by atoms with Crippen LogP contribution in [0.4, 0.5) is 10.1 Å². The Kier molecular flexibility index (Phi) is 3.69. The second kappa shape index (κ2) is 5.92. The molecule has 1 N–H and O–H groups in total. The van der Waals surface area contributed by atoms with Crippen molar-refractivity contribution in [3.8, 4) is 5.82 Å². The number of pyridine rings is 1. The Labute approximate surface area is 148 Å². The third-order valence-corrected chi connectivity index (χ3v) is 5.14. The van der Waals surface area contributed by atoms with Crippen molar-refractivity contribution < 1.29 is 12.8 Å². The number of hydrogen-bond donors (Lipinski definition) is 1. The normalized spacial score (nSPS) is 11.8. The van der Waals surface area contributed by atoms with Crippen molar-refractivity contribution in [2.75, 3.05) is 4.72 Å². The highest BCUT2D eigenvalue weighted by Gasteiger charge is 2.19. The molecule has 1 aromatic carbocycles. The summed E-state index contributed by atoms with van der Waals surface area (Å²) in [6.45, 7) is 0. The average Bonchev–Trinajstić information content (AvgIpc) is 3.23. The Morgan fingerprint density at radius 2 is 2.00 bits per heavy atom. The Hall–Kier alpha value is -3.27. The fraction of sp³-hybridized carbons (Fsp3) is 0.0625. The number of hydrogen-bond acceptors (Lipinski definition) is 5. The number of fused-ring (bicyclic) bond motifs is 1. The SMILES string of the molecule is Cn1ncc2cccc(NS(=O)(=O)c3cnn(-c4cc(F)ccn4)c3)c21. The Morgan fingerprint density at radius 3 is 2.81 bits per heavy atom. The first-order valence-corrected chi connectivity index (χ1v) is 9.02. The third-order valence-electron chi connectivity index (χ3n) is 3.82. The summed E-state index contributed by atoms with van der Waals surface area (Å²) in [5.41, 5.74) is 1.06. The molecule has 0 saturated heterocycles. The zero-order valence-electron chi connectivity index (χ0n) is 13.5. The van der Waals surface area contributed by atoms with Crippen LogP contribution in [0.5, 0.6) is 0 Å². The molecule has 10 heteroatoms. The van der Waals surface area contributed by atoms with Crippen LogP contribution in [0.3, 0.4) is 0 Å². The van der Waals surface area contributed by atoms with E-state index in [-0.39, 0.29) is 10.7 Å². The van der Waals surface area contributed by atoms with Crippen LogP contribution >= 0.6 is 0 Å². The number of para-hydroxylation sites is 1. The first kappa shape index (κ1) is 16.2. The summed E-state index contributed by atoms with van der Waals surface area (Å²) in [4.78, 5) is 3.90. The average molecular weight is 372 g/mol. The fourth-order valence-electron chi connectivity index (χ4n) is 2.61. The van der Waals surface area contributed by atoms with Crippen molar-refractivity contribution in [1.29, 1.82) is 0 Å². The smallest absolute Gasteiger partial charge is 0.265 e. The standard InChI is InChI=1S/C16H13FN6O2S/c1-22-16-11(8-19-22)3-2-4-14(16)21-26(24,25)13-9-20-23(10-13)15-7-12(17)5-6-18-15/h2-10,21H,1H3. The molecule has 0 aliphatic heterocycles. The van der Waals surface area contributed by atoms with Crippen LogP contribution in [0.2, 0.25) is 0 Å². The minimum absolute atomic E-state index is 0.0669. The Bertz CT molecular complexity index is 1210. The maximum Gasteiger partial charge on any atom is 0.265 e. The van der Waals surface area contributed by atoms with Crippen LogP contribution in [0.15, 0.2) is 60.0 Å². The van der Waals surface area contributed by atoms with Crippen molar-refractivity contribution in [1.82, 2.24) is 24.5 Å². The van der Waals surface area contributed by atoms with Crippen LogP contribution in [0.25, 0.3) is 16.7 Å². The van der Waals surface area contributed by atoms with Gasteiger partial charge in [-0.3, -0.25) is 9.40 Å². The highest BCUT2D eigenvalue weighted by Crippen LogP contribution is 2.25. The number of nitrogens with zero attached hydrogens (tertiary/aromatic N) is 5. The van der Waals surface area contributed by atoms with Gasteiger partial charge in [-0.15, -0.1) is 0 Å². The maximum atomic E-state index is 13.3. The summed E-state index contributed by atoms with van der Waals surface area (Å²) >= 11 is 0. The summed E-state index contributed by atoms with van der Waals surface area (Å²) in [5.74, 6) is -0.309. The lowest BCUT2D eigenvalue weighted by Gasteiger charge is -2.08. The number of nitrogens with one attached hydrogen (secondary N) is 1. The molecular formula is C16H13FN6O2S. The molecule has 0 saturated carbocycles. The Morgan fingerprint density at radius 1 is 1.15 bits per heavy atom. The molecule has 3 aromatic heterocycles. The molecule has 8 nitrogen and oxygen atoms in total. The second-order valence-electron chi connectivity index (χ2n) is 5.57. The van der Waals surface area contributed by atoms with Crippen molar-refractivity contribution in [3.63, 3.8) is 0 Å². The van der Waals surface area contributed by atoms with Gasteiger partial charge in [-0.2, -0.15) is 10.2 Å². The zero-order chi connectivity index (χ0) is 18.3. The van der Waals surface area contributed by atoms with E-state index in [9.17, 15) is 12.8 Å². The lowest BCUT2D eigenvalue weighted by Crippen LogP contribution is -2.13. The molecular weight excluding hydrogens is 359 g/mol. The first-order valence-electron chi connectivity index (χ1n) is 7.54. The van der Waals surface area contributed by atoms with Gasteiger partial charge in [-0.1, -0.05) is 12.1 Å². The summed E-state index contributed by atoms with van der Waals surface area (Å²) in [5, 5.41) is 8.90. The predicted octanol–water partition coefficient (Wildman–Crippen LogP) is 2.09. The molecule has 0 radical (unpaired) electrons. The number of aromatic nitrogens is 5. The lowest BCUT2D eigenvalue weighted by atomic mass is 10.2. The summed E-state index contributed by atoms with van der Waals surface area (Å²) in [6, 6.07) is 7.59. The molecule has 0 amide bonds. The van der Waals surface area contributed by atoms with Gasteiger partial charge in [0.15, 0.2) is 5.82 Å². The van der Waals surface area contributed by atoms with Crippen molar-refractivity contribution >= 4 is 26.6 Å². The van der Waals surface area contributed by atoms with E-state index >= 15 is 0 Å². The van der Waals surface area contributed by atoms with Crippen LogP contribution in [0.1, 0.15) is 0 Å². The molecule has 4 aromatic rings. The van der Waals surface area contributed by atoms with Crippen LogP contribution in [-0.2, 0) is 17.1 Å². The molecule has 0 atom stereocenters. The zero-order valence-corrected chi connectivity index (χ0v) is 14.4. The van der Waals surface area contributed by atoms with Crippen LogP contribution in [0, 0.1) is 5.82 Å². The van der Waals surface area contributed by atoms with Gasteiger partial charge in [0.2, 0.25) is 0 Å². The van der Waals surface area contributed by atoms with Gasteiger partial charge in [-0.05, 0) is 12.1 Å². The van der Waals surface area contributed by atoms with Gasteiger partial charge < -0.3 is 0 Å². The predicted molar refractivity (Wildman–Crippen MR) is 92.8 cm³/mol. The van der Waals surface area contributed by atoms with Crippen molar-refractivity contribution in [2.45, 2.75) is 4.90 Å². The maximum absolute atomic E-state index is 13.3. The number of benzene rings is 1. The van der Waals surface area contributed by atoms with E-state index in [0.717, 1.165) is 11.5 Å². The van der Waals surface area contributed by atoms with Gasteiger partial charge in [0, 0.05) is 24.7 Å². The molecule has 4 rings (SSSR count). The second-order valence-corrected chi connectivity index (χ2v) is 7.25. The number of aryl methyl sites for hydroxylation is 1. The van der Waals surface area contributed by atoms with Gasteiger partial charge in [-0.25, -0.2) is 22.5 Å². The first-order chi connectivity index (χ1) is 12.4. The minimum atomic E-state index is -3.89. The monoisotopic (exact) mass is 372 g/mol. The highest BCUT2D eigenvalue weighted by molar-refractivity contribution is 7.92. The number of anilines is 1. The van der Waals surface area contributed by atoms with Crippen LogP contribution in [-0.4, -0.2) is 33.0 Å². The molecule has 132 valence electrons. The largest absolute Gasteiger partial charge is 0.277 e. The van der Waals surface area contributed by atoms with E-state index in [1.807, 2.05) is 6.07 Å². The molecule has 0 spiro atoms. The number of rotatable bonds is 4. The van der Waals surface area contributed by atoms with Crippen LogP contribution < -0.4 is 4.72 Å². The third kappa shape index (κ3) is 2.80. The molecule has 0 aliphatic carbocycles. The highest BCUT2D eigenvalue weighted by atomic mass is 32.2. The van der Waals surface area contributed by atoms with Crippen molar-refractivity contribution in [3.05, 3.63) is 60.9 Å². The Balaban J connectivity index is 1.70. The van der Waals surface area contributed by atoms with E-state index in [1.54, 1.807) is 30.1 Å². The minimum Gasteiger partial charge on any atom is -0.277 e. The quantitative estimate of drug-likeness (QED) is 0.592. The summed E-state index contributed by atoms with van der Waals surface area (Å²) in [7, 11) is -2.16. The molecule has 0 bridgehead atoms. The van der Waals surface area contributed by atoms with E-state index in [2.05, 4.69) is 19.9 Å². The molecule has 3 heterocycles.